The SMILES string of the molecule is O=C(Cc1csc(NC(=O)c2ccccc2)n1)Nc1ccc(-n2cnc3ccccc32)nc1. The van der Waals surface area contributed by atoms with Crippen molar-refractivity contribution in [2.75, 3.05) is 10.6 Å². The Labute approximate surface area is 193 Å². The van der Waals surface area contributed by atoms with Gasteiger partial charge in [0.2, 0.25) is 5.91 Å². The number of nitrogens with zero attached hydrogens (tertiary/aromatic N) is 4. The lowest BCUT2D eigenvalue weighted by atomic mass is 10.2. The van der Waals surface area contributed by atoms with Gasteiger partial charge < -0.3 is 5.32 Å². The zero-order valence-electron chi connectivity index (χ0n) is 17.3. The Morgan fingerprint density at radius 2 is 1.73 bits per heavy atom. The Morgan fingerprint density at radius 1 is 0.909 bits per heavy atom. The number of anilines is 2. The molecule has 0 aliphatic carbocycles. The van der Waals surface area contributed by atoms with Gasteiger partial charge in [-0.25, -0.2) is 15.0 Å². The molecule has 0 bridgehead atoms. The summed E-state index contributed by atoms with van der Waals surface area (Å²) in [7, 11) is 0. The van der Waals surface area contributed by atoms with E-state index in [1.165, 1.54) is 11.3 Å². The van der Waals surface area contributed by atoms with E-state index in [1.54, 1.807) is 48.2 Å². The van der Waals surface area contributed by atoms with E-state index >= 15 is 0 Å². The monoisotopic (exact) mass is 454 g/mol. The van der Waals surface area contributed by atoms with E-state index in [9.17, 15) is 9.59 Å². The fourth-order valence-electron chi connectivity index (χ4n) is 3.32. The van der Waals surface area contributed by atoms with Gasteiger partial charge in [0.25, 0.3) is 5.91 Å². The highest BCUT2D eigenvalue weighted by Gasteiger charge is 2.12. The summed E-state index contributed by atoms with van der Waals surface area (Å²) in [6, 6.07) is 20.3. The summed E-state index contributed by atoms with van der Waals surface area (Å²) in [6.07, 6.45) is 3.42. The first-order valence-corrected chi connectivity index (χ1v) is 11.0. The molecule has 0 unspecified atom stereocenters. The smallest absolute Gasteiger partial charge is 0.257 e. The molecule has 0 saturated heterocycles. The third-order valence-electron chi connectivity index (χ3n) is 4.88. The number of pyridine rings is 1. The zero-order valence-corrected chi connectivity index (χ0v) is 18.1. The van der Waals surface area contributed by atoms with Crippen LogP contribution in [0.1, 0.15) is 16.1 Å². The fraction of sp³-hybridized carbons (Fsp3) is 0.0417. The number of nitrogens with one attached hydrogen (secondary N) is 2. The molecule has 0 fully saturated rings. The lowest BCUT2D eigenvalue weighted by Crippen LogP contribution is -2.15. The second-order valence-corrected chi connectivity index (χ2v) is 8.06. The average molecular weight is 455 g/mol. The molecule has 0 atom stereocenters. The van der Waals surface area contributed by atoms with E-state index in [4.69, 9.17) is 0 Å². The first kappa shape index (κ1) is 20.5. The van der Waals surface area contributed by atoms with Crippen LogP contribution in [0.25, 0.3) is 16.9 Å². The van der Waals surface area contributed by atoms with Gasteiger partial charge in [-0.2, -0.15) is 0 Å². The summed E-state index contributed by atoms with van der Waals surface area (Å²) in [5.74, 6) is 0.252. The molecule has 162 valence electrons. The van der Waals surface area contributed by atoms with Crippen molar-refractivity contribution in [3.05, 3.63) is 95.9 Å². The van der Waals surface area contributed by atoms with Gasteiger partial charge in [0.1, 0.15) is 12.1 Å². The van der Waals surface area contributed by atoms with Gasteiger partial charge >= 0.3 is 0 Å². The summed E-state index contributed by atoms with van der Waals surface area (Å²) in [5.41, 5.74) is 3.56. The molecule has 3 aromatic heterocycles. The van der Waals surface area contributed by atoms with Crippen molar-refractivity contribution >= 4 is 45.0 Å². The molecule has 0 spiro atoms. The second kappa shape index (κ2) is 9.01. The normalized spacial score (nSPS) is 10.8. The molecular formula is C24H18N6O2S. The molecule has 9 heteroatoms. The van der Waals surface area contributed by atoms with E-state index in [1.807, 2.05) is 41.0 Å². The Balaban J connectivity index is 1.20. The number of imidazole rings is 1. The number of benzene rings is 2. The highest BCUT2D eigenvalue weighted by molar-refractivity contribution is 7.14. The first-order chi connectivity index (χ1) is 16.2. The Kier molecular flexibility index (Phi) is 5.61. The number of hydrogen-bond acceptors (Lipinski definition) is 6. The van der Waals surface area contributed by atoms with Gasteiger partial charge in [0, 0.05) is 10.9 Å². The molecule has 0 radical (unpaired) electrons. The van der Waals surface area contributed by atoms with Crippen molar-refractivity contribution in [3.8, 4) is 5.82 Å². The van der Waals surface area contributed by atoms with Crippen LogP contribution in [0.15, 0.2) is 84.6 Å². The van der Waals surface area contributed by atoms with Crippen LogP contribution in [0.4, 0.5) is 10.8 Å². The van der Waals surface area contributed by atoms with E-state index in [2.05, 4.69) is 25.6 Å². The maximum Gasteiger partial charge on any atom is 0.257 e. The molecule has 0 aliphatic rings. The van der Waals surface area contributed by atoms with Crippen molar-refractivity contribution in [2.24, 2.45) is 0 Å². The summed E-state index contributed by atoms with van der Waals surface area (Å²) >= 11 is 1.28. The minimum atomic E-state index is -0.238. The van der Waals surface area contributed by atoms with Crippen LogP contribution < -0.4 is 10.6 Å². The number of hydrogen-bond donors (Lipinski definition) is 2. The summed E-state index contributed by atoms with van der Waals surface area (Å²) in [6.45, 7) is 0. The Hall–Kier alpha value is -4.37. The van der Waals surface area contributed by atoms with Gasteiger partial charge in [-0.3, -0.25) is 19.5 Å². The molecule has 0 aliphatic heterocycles. The highest BCUT2D eigenvalue weighted by atomic mass is 32.1. The third-order valence-corrected chi connectivity index (χ3v) is 5.69. The molecule has 5 rings (SSSR count). The lowest BCUT2D eigenvalue weighted by molar-refractivity contribution is -0.115. The van der Waals surface area contributed by atoms with Crippen molar-refractivity contribution in [1.29, 1.82) is 0 Å². The number of amides is 2. The predicted molar refractivity (Wildman–Crippen MR) is 128 cm³/mol. The van der Waals surface area contributed by atoms with Gasteiger partial charge in [-0.1, -0.05) is 30.3 Å². The molecule has 0 saturated carbocycles. The summed E-state index contributed by atoms with van der Waals surface area (Å²) in [5, 5.41) is 7.78. The average Bonchev–Trinajstić information content (AvgIpc) is 3.47. The van der Waals surface area contributed by atoms with Gasteiger partial charge in [0.15, 0.2) is 5.13 Å². The number of carbonyl (C=O) groups excluding carboxylic acids is 2. The van der Waals surface area contributed by atoms with E-state index in [0.717, 1.165) is 11.0 Å². The molecular weight excluding hydrogens is 436 g/mol. The van der Waals surface area contributed by atoms with Crippen LogP contribution in [0, 0.1) is 0 Å². The minimum absolute atomic E-state index is 0.0889. The molecule has 2 N–H and O–H groups in total. The molecule has 5 aromatic rings. The van der Waals surface area contributed by atoms with Crippen molar-refractivity contribution in [1.82, 2.24) is 19.5 Å². The number of aromatic nitrogens is 4. The summed E-state index contributed by atoms with van der Waals surface area (Å²) in [4.78, 5) is 37.8. The zero-order chi connectivity index (χ0) is 22.6. The number of rotatable bonds is 6. The van der Waals surface area contributed by atoms with Crippen molar-refractivity contribution in [2.45, 2.75) is 6.42 Å². The molecule has 2 aromatic carbocycles. The molecule has 3 heterocycles. The molecule has 2 amide bonds. The molecule has 8 nitrogen and oxygen atoms in total. The number of thiazole rings is 1. The predicted octanol–water partition coefficient (Wildman–Crippen LogP) is 4.31. The number of fused-ring (bicyclic) bond motifs is 1. The van der Waals surface area contributed by atoms with E-state index < -0.39 is 0 Å². The van der Waals surface area contributed by atoms with Crippen LogP contribution >= 0.6 is 11.3 Å². The lowest BCUT2D eigenvalue weighted by Gasteiger charge is -2.06. The third kappa shape index (κ3) is 4.63. The maximum absolute atomic E-state index is 12.4. The summed E-state index contributed by atoms with van der Waals surface area (Å²) < 4.78 is 1.89. The van der Waals surface area contributed by atoms with Gasteiger partial charge in [-0.05, 0) is 36.4 Å². The standard InChI is InChI=1S/C24H18N6O2S/c31-22(12-18-14-33-24(28-18)29-23(32)16-6-2-1-3-7-16)27-17-10-11-21(25-13-17)30-15-26-19-8-4-5-9-20(19)30/h1-11,13-15H,12H2,(H,27,31)(H,28,29,32). The Morgan fingerprint density at radius 3 is 2.55 bits per heavy atom. The van der Waals surface area contributed by atoms with Crippen LogP contribution in [0.3, 0.4) is 0 Å². The van der Waals surface area contributed by atoms with Crippen LogP contribution in [-0.4, -0.2) is 31.3 Å². The van der Waals surface area contributed by atoms with E-state index in [-0.39, 0.29) is 18.2 Å². The van der Waals surface area contributed by atoms with E-state index in [0.29, 0.717) is 27.9 Å². The number of carbonyl (C=O) groups is 2. The fourth-order valence-corrected chi connectivity index (χ4v) is 4.02. The quantitative estimate of drug-likeness (QED) is 0.398. The number of para-hydroxylation sites is 2. The second-order valence-electron chi connectivity index (χ2n) is 7.20. The minimum Gasteiger partial charge on any atom is -0.324 e. The van der Waals surface area contributed by atoms with Crippen LogP contribution in [0.2, 0.25) is 0 Å². The maximum atomic E-state index is 12.4. The van der Waals surface area contributed by atoms with Gasteiger partial charge in [-0.15, -0.1) is 11.3 Å². The largest absolute Gasteiger partial charge is 0.324 e. The highest BCUT2D eigenvalue weighted by Crippen LogP contribution is 2.19. The first-order valence-electron chi connectivity index (χ1n) is 10.1. The van der Waals surface area contributed by atoms with Crippen LogP contribution in [0.5, 0.6) is 0 Å². The van der Waals surface area contributed by atoms with Gasteiger partial charge in [0.05, 0.1) is 35.0 Å². The van der Waals surface area contributed by atoms with Crippen molar-refractivity contribution < 1.29 is 9.59 Å². The Bertz CT molecular complexity index is 1430. The van der Waals surface area contributed by atoms with Crippen molar-refractivity contribution in [3.63, 3.8) is 0 Å². The van der Waals surface area contributed by atoms with Crippen LogP contribution in [-0.2, 0) is 11.2 Å². The topological polar surface area (TPSA) is 102 Å². The molecule has 33 heavy (non-hydrogen) atoms.